The minimum atomic E-state index is 0.470. The van der Waals surface area contributed by atoms with E-state index in [4.69, 9.17) is 8.83 Å². The van der Waals surface area contributed by atoms with Gasteiger partial charge in [-0.3, -0.25) is 0 Å². The van der Waals surface area contributed by atoms with Crippen molar-refractivity contribution >= 4 is 49.3 Å². The van der Waals surface area contributed by atoms with Crippen molar-refractivity contribution in [3.05, 3.63) is 162 Å². The van der Waals surface area contributed by atoms with Gasteiger partial charge in [0.15, 0.2) is 0 Å². The molecule has 0 saturated heterocycles. The molecule has 0 spiro atoms. The molecule has 46 heavy (non-hydrogen) atoms. The molecule has 2 nitrogen and oxygen atoms in total. The Labute approximate surface area is 267 Å². The third-order valence-electron chi connectivity index (χ3n) is 10.1. The number of furan rings is 2. The number of fused-ring (bicyclic) bond motifs is 8. The standard InChI is InChI=1S/C44H30O2/c1-2-12-29(13-3-1)40-43-38(36-18-8-16-34(41(36)45-43)32-22-20-27-10-4-6-14-30(27)24-32)26-39-37-19-9-17-35(42(37)46-44(39)40)33-23-21-28-11-5-7-15-31(28)25-33/h1-8,10-18,20,22-26,28H,9,19,21H2. The quantitative estimate of drug-likeness (QED) is 0.205. The average Bonchev–Trinajstić information content (AvgIpc) is 3.69. The number of allylic oxidation sites excluding steroid dienone is 10. The van der Waals surface area contributed by atoms with E-state index < -0.39 is 0 Å². The molecule has 0 fully saturated rings. The Morgan fingerprint density at radius 1 is 0.630 bits per heavy atom. The fourth-order valence-electron chi connectivity index (χ4n) is 7.80. The third-order valence-corrected chi connectivity index (χ3v) is 10.1. The molecule has 3 aliphatic carbocycles. The maximum absolute atomic E-state index is 7.01. The SMILES string of the molecule is C1=CC2=CC(C3=CCCc4c3oc3c(-c5ccccc5)c5oc6c(-c7ccc8ccccc8c7)cccc6c5cc43)=CCC2C=C1. The molecule has 2 heterocycles. The second-order valence-electron chi connectivity index (χ2n) is 12.7. The summed E-state index contributed by atoms with van der Waals surface area (Å²) in [4.78, 5) is 0. The van der Waals surface area contributed by atoms with Crippen LogP contribution >= 0.6 is 0 Å². The summed E-state index contributed by atoms with van der Waals surface area (Å²) in [5.74, 6) is 1.47. The second kappa shape index (κ2) is 9.95. The van der Waals surface area contributed by atoms with Crippen molar-refractivity contribution in [2.75, 3.05) is 0 Å². The Hall–Kier alpha value is -5.60. The Bertz CT molecular complexity index is 2540. The van der Waals surface area contributed by atoms with Gasteiger partial charge in [0.05, 0.1) is 5.56 Å². The highest BCUT2D eigenvalue weighted by atomic mass is 16.3. The lowest BCUT2D eigenvalue weighted by Crippen LogP contribution is -2.07. The molecule has 2 heteroatoms. The molecule has 3 aliphatic rings. The zero-order valence-corrected chi connectivity index (χ0v) is 25.3. The van der Waals surface area contributed by atoms with Gasteiger partial charge < -0.3 is 8.83 Å². The van der Waals surface area contributed by atoms with Crippen molar-refractivity contribution in [3.8, 4) is 22.3 Å². The Balaban J connectivity index is 1.21. The number of aryl methyl sites for hydroxylation is 1. The average molecular weight is 591 g/mol. The smallest absolute Gasteiger partial charge is 0.147 e. The van der Waals surface area contributed by atoms with Crippen LogP contribution in [0.3, 0.4) is 0 Å². The minimum absolute atomic E-state index is 0.470. The Morgan fingerprint density at radius 2 is 1.50 bits per heavy atom. The molecule has 0 saturated carbocycles. The van der Waals surface area contributed by atoms with Crippen molar-refractivity contribution < 1.29 is 8.83 Å². The zero-order chi connectivity index (χ0) is 30.2. The van der Waals surface area contributed by atoms with E-state index in [1.54, 1.807) is 0 Å². The normalized spacial score (nSPS) is 17.3. The van der Waals surface area contributed by atoms with Gasteiger partial charge in [0.2, 0.25) is 0 Å². The topological polar surface area (TPSA) is 26.3 Å². The molecule has 7 aromatic rings. The van der Waals surface area contributed by atoms with Crippen LogP contribution < -0.4 is 0 Å². The molecular weight excluding hydrogens is 560 g/mol. The summed E-state index contributed by atoms with van der Waals surface area (Å²) >= 11 is 0. The summed E-state index contributed by atoms with van der Waals surface area (Å²) in [6.45, 7) is 0. The van der Waals surface area contributed by atoms with Gasteiger partial charge in [-0.25, -0.2) is 0 Å². The van der Waals surface area contributed by atoms with Crippen LogP contribution in [0, 0.1) is 5.92 Å². The first-order valence-corrected chi connectivity index (χ1v) is 16.3. The number of benzene rings is 5. The lowest BCUT2D eigenvalue weighted by molar-refractivity contribution is 0.590. The van der Waals surface area contributed by atoms with Gasteiger partial charge in [0.1, 0.15) is 22.5 Å². The van der Waals surface area contributed by atoms with E-state index in [0.717, 1.165) is 74.8 Å². The number of hydrogen-bond donors (Lipinski definition) is 0. The summed E-state index contributed by atoms with van der Waals surface area (Å²) < 4.78 is 14.0. The van der Waals surface area contributed by atoms with Gasteiger partial charge in [-0.2, -0.15) is 0 Å². The number of rotatable bonds is 3. The monoisotopic (exact) mass is 590 g/mol. The van der Waals surface area contributed by atoms with Crippen molar-refractivity contribution in [3.63, 3.8) is 0 Å². The predicted molar refractivity (Wildman–Crippen MR) is 191 cm³/mol. The van der Waals surface area contributed by atoms with Crippen LogP contribution in [0.25, 0.3) is 71.5 Å². The van der Waals surface area contributed by atoms with E-state index in [-0.39, 0.29) is 0 Å². The van der Waals surface area contributed by atoms with Crippen molar-refractivity contribution in [1.82, 2.24) is 0 Å². The van der Waals surface area contributed by atoms with E-state index >= 15 is 0 Å². The Morgan fingerprint density at radius 3 is 2.43 bits per heavy atom. The first-order valence-electron chi connectivity index (χ1n) is 16.3. The largest absolute Gasteiger partial charge is 0.455 e. The van der Waals surface area contributed by atoms with Gasteiger partial charge in [-0.1, -0.05) is 127 Å². The summed E-state index contributed by atoms with van der Waals surface area (Å²) in [5.41, 5.74) is 12.2. The van der Waals surface area contributed by atoms with Gasteiger partial charge in [0, 0.05) is 38.8 Å². The summed E-state index contributed by atoms with van der Waals surface area (Å²) in [6.07, 6.45) is 18.9. The maximum Gasteiger partial charge on any atom is 0.147 e. The van der Waals surface area contributed by atoms with Crippen molar-refractivity contribution in [2.24, 2.45) is 5.92 Å². The van der Waals surface area contributed by atoms with Crippen LogP contribution in [0.15, 0.2) is 160 Å². The van der Waals surface area contributed by atoms with Crippen molar-refractivity contribution in [1.29, 1.82) is 0 Å². The van der Waals surface area contributed by atoms with Crippen LogP contribution in [0.5, 0.6) is 0 Å². The van der Waals surface area contributed by atoms with Gasteiger partial charge in [-0.05, 0) is 64.4 Å². The number of hydrogen-bond acceptors (Lipinski definition) is 2. The summed E-state index contributed by atoms with van der Waals surface area (Å²) in [5, 5.41) is 5.91. The van der Waals surface area contributed by atoms with Crippen LogP contribution in [-0.4, -0.2) is 0 Å². The summed E-state index contributed by atoms with van der Waals surface area (Å²) in [7, 11) is 0. The molecule has 1 unspecified atom stereocenters. The molecule has 0 aliphatic heterocycles. The highest BCUT2D eigenvalue weighted by Crippen LogP contribution is 2.48. The highest BCUT2D eigenvalue weighted by molar-refractivity contribution is 6.20. The molecule has 218 valence electrons. The first kappa shape index (κ1) is 25.7. The molecule has 10 rings (SSSR count). The molecule has 2 aromatic heterocycles. The van der Waals surface area contributed by atoms with E-state index in [1.165, 1.54) is 38.4 Å². The zero-order valence-electron chi connectivity index (χ0n) is 25.3. The maximum atomic E-state index is 7.01. The lowest BCUT2D eigenvalue weighted by Gasteiger charge is -2.23. The molecule has 0 amide bonds. The van der Waals surface area contributed by atoms with Crippen LogP contribution in [-0.2, 0) is 6.42 Å². The molecule has 0 radical (unpaired) electrons. The van der Waals surface area contributed by atoms with Gasteiger partial charge in [-0.15, -0.1) is 0 Å². The Kier molecular flexibility index (Phi) is 5.56. The fourth-order valence-corrected chi connectivity index (χ4v) is 7.80. The third kappa shape index (κ3) is 3.83. The first-order chi connectivity index (χ1) is 22.8. The molecule has 5 aromatic carbocycles. The fraction of sp³-hybridized carbons (Fsp3) is 0.0909. The summed E-state index contributed by atoms with van der Waals surface area (Å²) in [6, 6.07) is 34.6. The van der Waals surface area contributed by atoms with E-state index in [9.17, 15) is 0 Å². The van der Waals surface area contributed by atoms with Crippen LogP contribution in [0.4, 0.5) is 0 Å². The lowest BCUT2D eigenvalue weighted by atomic mass is 9.81. The molecule has 0 N–H and O–H groups in total. The van der Waals surface area contributed by atoms with Crippen LogP contribution in [0.2, 0.25) is 0 Å². The van der Waals surface area contributed by atoms with Gasteiger partial charge in [0.25, 0.3) is 0 Å². The van der Waals surface area contributed by atoms with Crippen molar-refractivity contribution in [2.45, 2.75) is 19.3 Å². The highest BCUT2D eigenvalue weighted by Gasteiger charge is 2.29. The molecule has 0 bridgehead atoms. The predicted octanol–water partition coefficient (Wildman–Crippen LogP) is 12.1. The van der Waals surface area contributed by atoms with E-state index in [1.807, 2.05) is 0 Å². The van der Waals surface area contributed by atoms with E-state index in [0.29, 0.717) is 5.92 Å². The molecule has 1 atom stereocenters. The number of para-hydroxylation sites is 1. The van der Waals surface area contributed by atoms with Gasteiger partial charge >= 0.3 is 0 Å². The second-order valence-corrected chi connectivity index (χ2v) is 12.7. The molecular formula is C44H30O2. The minimum Gasteiger partial charge on any atom is -0.455 e. The van der Waals surface area contributed by atoms with Crippen LogP contribution in [0.1, 0.15) is 24.2 Å². The van der Waals surface area contributed by atoms with E-state index in [2.05, 4.69) is 140 Å².